The molecule has 0 fully saturated rings. The van der Waals surface area contributed by atoms with E-state index in [1.807, 2.05) is 0 Å². The van der Waals surface area contributed by atoms with Gasteiger partial charge in [-0.05, 0) is 31.2 Å². The second-order valence-corrected chi connectivity index (χ2v) is 5.23. The summed E-state index contributed by atoms with van der Waals surface area (Å²) in [4.78, 5) is 34.4. The van der Waals surface area contributed by atoms with Gasteiger partial charge >= 0.3 is 5.97 Å². The van der Waals surface area contributed by atoms with Gasteiger partial charge in [0.05, 0.1) is 17.7 Å². The molecule has 0 spiro atoms. The summed E-state index contributed by atoms with van der Waals surface area (Å²) in [7, 11) is 1.74. The SMILES string of the molecule is Cc1nn(C)cc1C(=O)Nc1ccc(C(=O)NCCC(=O)O)cc1. The van der Waals surface area contributed by atoms with E-state index in [1.54, 1.807) is 49.1 Å². The monoisotopic (exact) mass is 330 g/mol. The van der Waals surface area contributed by atoms with Crippen molar-refractivity contribution in [1.82, 2.24) is 15.1 Å². The lowest BCUT2D eigenvalue weighted by Gasteiger charge is -2.07. The first kappa shape index (κ1) is 17.2. The molecule has 24 heavy (non-hydrogen) atoms. The van der Waals surface area contributed by atoms with Crippen LogP contribution in [0, 0.1) is 6.92 Å². The number of aromatic nitrogens is 2. The van der Waals surface area contributed by atoms with Crippen LogP contribution in [0.5, 0.6) is 0 Å². The van der Waals surface area contributed by atoms with Crippen LogP contribution in [0.15, 0.2) is 30.5 Å². The molecular formula is C16H18N4O4. The number of nitrogens with one attached hydrogen (secondary N) is 2. The Kier molecular flexibility index (Phi) is 5.31. The number of carboxylic acids is 1. The topological polar surface area (TPSA) is 113 Å². The summed E-state index contributed by atoms with van der Waals surface area (Å²) in [6.07, 6.45) is 1.50. The number of carbonyl (C=O) groups is 3. The van der Waals surface area contributed by atoms with Gasteiger partial charge in [0.15, 0.2) is 0 Å². The number of rotatable bonds is 6. The molecule has 0 saturated carbocycles. The highest BCUT2D eigenvalue weighted by Gasteiger charge is 2.13. The number of benzene rings is 1. The molecule has 3 N–H and O–H groups in total. The van der Waals surface area contributed by atoms with Crippen LogP contribution < -0.4 is 10.6 Å². The molecule has 2 aromatic rings. The highest BCUT2D eigenvalue weighted by molar-refractivity contribution is 6.05. The van der Waals surface area contributed by atoms with Crippen molar-refractivity contribution in [3.8, 4) is 0 Å². The predicted molar refractivity (Wildman–Crippen MR) is 86.9 cm³/mol. The molecule has 0 bridgehead atoms. The average Bonchev–Trinajstić information content (AvgIpc) is 2.86. The standard InChI is InChI=1S/C16H18N4O4/c1-10-13(9-20(2)19-10)16(24)18-12-5-3-11(4-6-12)15(23)17-8-7-14(21)22/h3-6,9H,7-8H2,1-2H3,(H,17,23)(H,18,24)(H,21,22). The number of carbonyl (C=O) groups excluding carboxylic acids is 2. The molecule has 1 aromatic heterocycles. The molecular weight excluding hydrogens is 312 g/mol. The molecule has 1 heterocycles. The molecule has 126 valence electrons. The minimum absolute atomic E-state index is 0.0624. The second kappa shape index (κ2) is 7.40. The molecule has 0 atom stereocenters. The van der Waals surface area contributed by atoms with Crippen LogP contribution in [-0.4, -0.2) is 39.2 Å². The normalized spacial score (nSPS) is 10.2. The van der Waals surface area contributed by atoms with Crippen molar-refractivity contribution in [2.45, 2.75) is 13.3 Å². The Morgan fingerprint density at radius 2 is 1.83 bits per heavy atom. The Morgan fingerprint density at radius 1 is 1.17 bits per heavy atom. The maximum atomic E-state index is 12.2. The third-order valence-electron chi connectivity index (χ3n) is 3.29. The summed E-state index contributed by atoms with van der Waals surface area (Å²) >= 11 is 0. The summed E-state index contributed by atoms with van der Waals surface area (Å²) < 4.78 is 1.56. The van der Waals surface area contributed by atoms with E-state index < -0.39 is 5.97 Å². The van der Waals surface area contributed by atoms with Crippen LogP contribution in [0.25, 0.3) is 0 Å². The Balaban J connectivity index is 1.96. The molecule has 2 rings (SSSR count). The van der Waals surface area contributed by atoms with Crippen LogP contribution in [0.4, 0.5) is 5.69 Å². The molecule has 0 saturated heterocycles. The minimum Gasteiger partial charge on any atom is -0.481 e. The molecule has 8 nitrogen and oxygen atoms in total. The first-order valence-corrected chi connectivity index (χ1v) is 7.28. The lowest BCUT2D eigenvalue weighted by molar-refractivity contribution is -0.136. The van der Waals surface area contributed by atoms with E-state index in [-0.39, 0.29) is 24.8 Å². The quantitative estimate of drug-likeness (QED) is 0.736. The Hall–Kier alpha value is -3.16. The number of hydrogen-bond donors (Lipinski definition) is 3. The van der Waals surface area contributed by atoms with E-state index in [4.69, 9.17) is 5.11 Å². The number of aryl methyl sites for hydroxylation is 2. The van der Waals surface area contributed by atoms with E-state index in [9.17, 15) is 14.4 Å². The van der Waals surface area contributed by atoms with Crippen LogP contribution in [-0.2, 0) is 11.8 Å². The zero-order valence-corrected chi connectivity index (χ0v) is 13.4. The lowest BCUT2D eigenvalue weighted by atomic mass is 10.2. The van der Waals surface area contributed by atoms with E-state index in [0.29, 0.717) is 22.5 Å². The van der Waals surface area contributed by atoms with E-state index in [2.05, 4.69) is 15.7 Å². The van der Waals surface area contributed by atoms with Gasteiger partial charge in [-0.15, -0.1) is 0 Å². The fraction of sp³-hybridized carbons (Fsp3) is 0.250. The third-order valence-corrected chi connectivity index (χ3v) is 3.29. The Bertz CT molecular complexity index is 765. The smallest absolute Gasteiger partial charge is 0.305 e. The summed E-state index contributed by atoms with van der Waals surface area (Å²) in [6, 6.07) is 6.33. The van der Waals surface area contributed by atoms with Crippen LogP contribution in [0.2, 0.25) is 0 Å². The van der Waals surface area contributed by atoms with Gasteiger partial charge in [0.2, 0.25) is 0 Å². The Labute approximate surface area is 138 Å². The zero-order chi connectivity index (χ0) is 17.7. The van der Waals surface area contributed by atoms with Crippen molar-refractivity contribution in [2.24, 2.45) is 7.05 Å². The molecule has 1 aromatic carbocycles. The van der Waals surface area contributed by atoms with Gasteiger partial charge < -0.3 is 15.7 Å². The van der Waals surface area contributed by atoms with Gasteiger partial charge in [0.1, 0.15) is 0 Å². The van der Waals surface area contributed by atoms with Gasteiger partial charge in [0, 0.05) is 31.0 Å². The summed E-state index contributed by atoms with van der Waals surface area (Å²) in [5.74, 6) is -1.62. The number of anilines is 1. The number of hydrogen-bond acceptors (Lipinski definition) is 4. The molecule has 8 heteroatoms. The van der Waals surface area contributed by atoms with Crippen molar-refractivity contribution in [3.05, 3.63) is 47.3 Å². The fourth-order valence-electron chi connectivity index (χ4n) is 2.11. The van der Waals surface area contributed by atoms with Crippen molar-refractivity contribution in [3.63, 3.8) is 0 Å². The van der Waals surface area contributed by atoms with Gasteiger partial charge in [-0.3, -0.25) is 19.1 Å². The van der Waals surface area contributed by atoms with E-state index in [0.717, 1.165) is 0 Å². The summed E-state index contributed by atoms with van der Waals surface area (Å²) in [5.41, 5.74) is 2.04. The average molecular weight is 330 g/mol. The Morgan fingerprint density at radius 3 is 2.38 bits per heavy atom. The van der Waals surface area contributed by atoms with Crippen LogP contribution in [0.3, 0.4) is 0 Å². The van der Waals surface area contributed by atoms with E-state index >= 15 is 0 Å². The predicted octanol–water partition coefficient (Wildman–Crippen LogP) is 1.19. The largest absolute Gasteiger partial charge is 0.481 e. The molecule has 0 aliphatic heterocycles. The highest BCUT2D eigenvalue weighted by Crippen LogP contribution is 2.13. The van der Waals surface area contributed by atoms with Gasteiger partial charge in [0.25, 0.3) is 11.8 Å². The van der Waals surface area contributed by atoms with Crippen molar-refractivity contribution >= 4 is 23.5 Å². The first-order chi connectivity index (χ1) is 11.4. The number of aliphatic carboxylic acids is 1. The van der Waals surface area contributed by atoms with E-state index in [1.165, 1.54) is 0 Å². The fourth-order valence-corrected chi connectivity index (χ4v) is 2.11. The maximum absolute atomic E-state index is 12.2. The van der Waals surface area contributed by atoms with Crippen molar-refractivity contribution in [1.29, 1.82) is 0 Å². The van der Waals surface area contributed by atoms with Gasteiger partial charge in [-0.1, -0.05) is 0 Å². The van der Waals surface area contributed by atoms with Crippen LogP contribution >= 0.6 is 0 Å². The number of carboxylic acid groups (broad SMARTS) is 1. The van der Waals surface area contributed by atoms with Crippen molar-refractivity contribution in [2.75, 3.05) is 11.9 Å². The third kappa shape index (κ3) is 4.42. The van der Waals surface area contributed by atoms with Gasteiger partial charge in [-0.2, -0.15) is 5.10 Å². The maximum Gasteiger partial charge on any atom is 0.305 e. The molecule has 0 aliphatic carbocycles. The highest BCUT2D eigenvalue weighted by atomic mass is 16.4. The second-order valence-electron chi connectivity index (χ2n) is 5.23. The zero-order valence-electron chi connectivity index (χ0n) is 13.4. The number of nitrogens with zero attached hydrogens (tertiary/aromatic N) is 2. The molecule has 2 amide bonds. The molecule has 0 radical (unpaired) electrons. The van der Waals surface area contributed by atoms with Crippen LogP contribution in [0.1, 0.15) is 32.8 Å². The summed E-state index contributed by atoms with van der Waals surface area (Å²) in [5, 5.41) is 17.9. The molecule has 0 unspecified atom stereocenters. The first-order valence-electron chi connectivity index (χ1n) is 7.28. The minimum atomic E-state index is -0.973. The van der Waals surface area contributed by atoms with Crippen molar-refractivity contribution < 1.29 is 19.5 Å². The number of amides is 2. The van der Waals surface area contributed by atoms with Gasteiger partial charge in [-0.25, -0.2) is 0 Å². The molecule has 0 aliphatic rings. The summed E-state index contributed by atoms with van der Waals surface area (Å²) in [6.45, 7) is 1.81. The lowest BCUT2D eigenvalue weighted by Crippen LogP contribution is -2.25.